The van der Waals surface area contributed by atoms with Crippen LogP contribution in [-0.2, 0) is 4.74 Å². The number of unbranched alkanes of at least 4 members (excludes halogenated alkanes) is 2. The molecule has 0 N–H and O–H groups in total. The molecule has 0 aliphatic heterocycles. The summed E-state index contributed by atoms with van der Waals surface area (Å²) in [5.41, 5.74) is 3.66. The van der Waals surface area contributed by atoms with Crippen molar-refractivity contribution in [1.82, 2.24) is 0 Å². The summed E-state index contributed by atoms with van der Waals surface area (Å²) in [7, 11) is 1.90. The Kier molecular flexibility index (Phi) is 20.1. The molecule has 1 heteroatoms. The van der Waals surface area contributed by atoms with E-state index in [-0.39, 0.29) is 0 Å². The van der Waals surface area contributed by atoms with E-state index in [0.717, 1.165) is 23.7 Å². The molecule has 2 fully saturated rings. The predicted octanol–water partition coefficient (Wildman–Crippen LogP) is 12.0. The smallest absolute Gasteiger partial charge is 0.0608 e. The van der Waals surface area contributed by atoms with E-state index in [1.807, 2.05) is 34.8 Å². The molecule has 0 amide bonds. The lowest BCUT2D eigenvalue weighted by molar-refractivity contribution is 0.0191. The van der Waals surface area contributed by atoms with Crippen LogP contribution in [0.1, 0.15) is 159 Å². The summed E-state index contributed by atoms with van der Waals surface area (Å²) in [5.74, 6) is 3.68. The largest absolute Gasteiger partial charge is 0.381 e. The molecule has 0 aromatic rings. The Morgan fingerprint density at radius 2 is 1.58 bits per heavy atom. The maximum absolute atomic E-state index is 5.71. The van der Waals surface area contributed by atoms with Gasteiger partial charge in [0.05, 0.1) is 6.10 Å². The van der Waals surface area contributed by atoms with Gasteiger partial charge in [0.1, 0.15) is 0 Å². The van der Waals surface area contributed by atoms with E-state index in [1.54, 1.807) is 5.57 Å². The summed E-state index contributed by atoms with van der Waals surface area (Å²) in [4.78, 5) is 0. The summed E-state index contributed by atoms with van der Waals surface area (Å²) >= 11 is 0. The van der Waals surface area contributed by atoms with Crippen molar-refractivity contribution in [1.29, 1.82) is 0 Å². The Labute approximate surface area is 229 Å². The first-order chi connectivity index (χ1) is 17.3. The van der Waals surface area contributed by atoms with Crippen LogP contribution < -0.4 is 0 Å². The number of ether oxygens (including phenoxy) is 1. The Morgan fingerprint density at radius 1 is 0.944 bits per heavy atom. The van der Waals surface area contributed by atoms with Crippen molar-refractivity contribution in [2.45, 2.75) is 165 Å². The Morgan fingerprint density at radius 3 is 2.19 bits per heavy atom. The fourth-order valence-electron chi connectivity index (χ4n) is 6.65. The van der Waals surface area contributed by atoms with Gasteiger partial charge in [-0.1, -0.05) is 124 Å². The zero-order valence-electron chi connectivity index (χ0n) is 26.8. The highest BCUT2D eigenvalue weighted by atomic mass is 16.5. The first-order valence-electron chi connectivity index (χ1n) is 16.2. The molecule has 0 radical (unpaired) electrons. The SMILES string of the molecule is CC.CC.CCCCC=C(C)C.COC1CCC2(C)C(=CCC3CCCCCC(C)C(C)CCC32)C1. The molecule has 0 aromatic carbocycles. The molecule has 6 unspecified atom stereocenters. The first kappa shape index (κ1) is 35.4. The molecule has 0 saturated heterocycles. The molecule has 36 heavy (non-hydrogen) atoms. The summed E-state index contributed by atoms with van der Waals surface area (Å²) < 4.78 is 5.71. The van der Waals surface area contributed by atoms with Crippen LogP contribution in [0.15, 0.2) is 23.3 Å². The molecule has 0 spiro atoms. The number of methoxy groups -OCH3 is 1. The zero-order chi connectivity index (χ0) is 27.6. The fraction of sp³-hybridized carbons (Fsp3) is 0.886. The van der Waals surface area contributed by atoms with Crippen LogP contribution in [0.2, 0.25) is 0 Å². The number of fused-ring (bicyclic) bond motifs is 3. The van der Waals surface area contributed by atoms with Crippen LogP contribution in [0.25, 0.3) is 0 Å². The molecule has 2 saturated carbocycles. The minimum absolute atomic E-state index is 0.467. The predicted molar refractivity (Wildman–Crippen MR) is 165 cm³/mol. The van der Waals surface area contributed by atoms with E-state index in [4.69, 9.17) is 4.74 Å². The second kappa shape index (κ2) is 20.4. The summed E-state index contributed by atoms with van der Waals surface area (Å²) in [6.07, 6.45) is 24.7. The maximum atomic E-state index is 5.71. The van der Waals surface area contributed by atoms with Crippen molar-refractivity contribution < 1.29 is 4.74 Å². The van der Waals surface area contributed by atoms with Gasteiger partial charge in [-0.15, -0.1) is 0 Å². The number of hydrogen-bond donors (Lipinski definition) is 0. The van der Waals surface area contributed by atoms with Gasteiger partial charge in [-0.3, -0.25) is 0 Å². The fourth-order valence-corrected chi connectivity index (χ4v) is 6.65. The lowest BCUT2D eigenvalue weighted by Gasteiger charge is -2.51. The van der Waals surface area contributed by atoms with Gasteiger partial charge in [0.15, 0.2) is 0 Å². The van der Waals surface area contributed by atoms with Crippen LogP contribution in [0.5, 0.6) is 0 Å². The van der Waals surface area contributed by atoms with E-state index in [9.17, 15) is 0 Å². The lowest BCUT2D eigenvalue weighted by atomic mass is 9.55. The molecule has 1 nitrogen and oxygen atoms in total. The van der Waals surface area contributed by atoms with Crippen molar-refractivity contribution in [3.05, 3.63) is 23.3 Å². The van der Waals surface area contributed by atoms with Gasteiger partial charge in [-0.05, 0) is 87.9 Å². The standard InChI is InChI=1S/C23H40O.C8H16.2C2H6/c1-17-8-6-5-7-9-19-11-12-20-16-21(24-4)14-15-23(20,3)22(19)13-10-18(17)2;1-4-5-6-7-8(2)3;2*1-2/h12,17-19,21-22H,5-11,13-16H2,1-4H3;7H,4-6H2,1-3H3;2*1-2H3. The molecule has 0 heterocycles. The topological polar surface area (TPSA) is 9.23 Å². The van der Waals surface area contributed by atoms with Gasteiger partial charge in [0.2, 0.25) is 0 Å². The molecular formula is C35H68O. The summed E-state index contributed by atoms with van der Waals surface area (Å²) in [6, 6.07) is 0. The van der Waals surface area contributed by atoms with E-state index < -0.39 is 0 Å². The highest BCUT2D eigenvalue weighted by Crippen LogP contribution is 2.55. The molecule has 3 rings (SSSR count). The van der Waals surface area contributed by atoms with Crippen molar-refractivity contribution in [3.63, 3.8) is 0 Å². The van der Waals surface area contributed by atoms with Gasteiger partial charge >= 0.3 is 0 Å². The third-order valence-electron chi connectivity index (χ3n) is 9.30. The monoisotopic (exact) mass is 505 g/mol. The molecule has 6 atom stereocenters. The molecule has 0 aromatic heterocycles. The highest BCUT2D eigenvalue weighted by Gasteiger charge is 2.46. The van der Waals surface area contributed by atoms with Crippen LogP contribution in [0.3, 0.4) is 0 Å². The Bertz CT molecular complexity index is 583. The average molecular weight is 505 g/mol. The van der Waals surface area contributed by atoms with Crippen molar-refractivity contribution in [3.8, 4) is 0 Å². The zero-order valence-corrected chi connectivity index (χ0v) is 26.8. The van der Waals surface area contributed by atoms with Gasteiger partial charge in [-0.2, -0.15) is 0 Å². The van der Waals surface area contributed by atoms with Gasteiger partial charge in [0.25, 0.3) is 0 Å². The first-order valence-corrected chi connectivity index (χ1v) is 16.2. The van der Waals surface area contributed by atoms with Crippen molar-refractivity contribution >= 4 is 0 Å². The van der Waals surface area contributed by atoms with E-state index in [0.29, 0.717) is 11.5 Å². The van der Waals surface area contributed by atoms with Crippen molar-refractivity contribution in [2.75, 3.05) is 7.11 Å². The molecule has 3 aliphatic carbocycles. The van der Waals surface area contributed by atoms with Crippen molar-refractivity contribution in [2.24, 2.45) is 29.1 Å². The lowest BCUT2D eigenvalue weighted by Crippen LogP contribution is -2.42. The second-order valence-corrected chi connectivity index (χ2v) is 11.9. The van der Waals surface area contributed by atoms with Crippen LogP contribution in [0, 0.1) is 29.1 Å². The molecule has 214 valence electrons. The maximum Gasteiger partial charge on any atom is 0.0608 e. The van der Waals surface area contributed by atoms with Gasteiger partial charge < -0.3 is 4.74 Å². The Hall–Kier alpha value is -0.560. The van der Waals surface area contributed by atoms with Gasteiger partial charge in [-0.25, -0.2) is 0 Å². The van der Waals surface area contributed by atoms with Crippen LogP contribution >= 0.6 is 0 Å². The van der Waals surface area contributed by atoms with Gasteiger partial charge in [0, 0.05) is 7.11 Å². The number of rotatable bonds is 4. The van der Waals surface area contributed by atoms with Crippen LogP contribution in [0.4, 0.5) is 0 Å². The minimum Gasteiger partial charge on any atom is -0.381 e. The van der Waals surface area contributed by atoms with E-state index in [2.05, 4.69) is 53.7 Å². The minimum atomic E-state index is 0.467. The van der Waals surface area contributed by atoms with E-state index in [1.165, 1.54) is 95.5 Å². The third-order valence-corrected chi connectivity index (χ3v) is 9.30. The third kappa shape index (κ3) is 11.9. The Balaban J connectivity index is 0.000000866. The second-order valence-electron chi connectivity index (χ2n) is 11.9. The summed E-state index contributed by atoms with van der Waals surface area (Å²) in [5, 5.41) is 0. The van der Waals surface area contributed by atoms with E-state index >= 15 is 0 Å². The number of allylic oxidation sites excluding steroid dienone is 3. The number of hydrogen-bond acceptors (Lipinski definition) is 1. The van der Waals surface area contributed by atoms with Crippen LogP contribution in [-0.4, -0.2) is 13.2 Å². The quantitative estimate of drug-likeness (QED) is 0.273. The molecular weight excluding hydrogens is 436 g/mol. The summed E-state index contributed by atoms with van der Waals surface area (Å²) in [6.45, 7) is 22.1. The average Bonchev–Trinajstić information content (AvgIpc) is 2.92. The highest BCUT2D eigenvalue weighted by molar-refractivity contribution is 5.23. The molecule has 3 aliphatic rings. The normalized spacial score (nSPS) is 32.1. The molecule has 0 bridgehead atoms.